The van der Waals surface area contributed by atoms with Crippen LogP contribution >= 0.6 is 23.2 Å². The summed E-state index contributed by atoms with van der Waals surface area (Å²) in [6, 6.07) is 13.7. The molecule has 0 fully saturated rings. The van der Waals surface area contributed by atoms with Gasteiger partial charge < -0.3 is 14.8 Å². The van der Waals surface area contributed by atoms with Gasteiger partial charge in [0, 0.05) is 0 Å². The smallest absolute Gasteiger partial charge is 0.347 e. The van der Waals surface area contributed by atoms with Gasteiger partial charge in [0.1, 0.15) is 5.75 Å². The Morgan fingerprint density at radius 1 is 1.04 bits per heavy atom. The third-order valence-electron chi connectivity index (χ3n) is 2.96. The van der Waals surface area contributed by atoms with Crippen molar-refractivity contribution in [3.05, 3.63) is 58.6 Å². The van der Waals surface area contributed by atoms with Crippen LogP contribution in [-0.2, 0) is 14.3 Å². The molecule has 0 bridgehead atoms. The number of hydrogen-bond donors (Lipinski definition) is 1. The van der Waals surface area contributed by atoms with Crippen molar-refractivity contribution < 1.29 is 19.1 Å². The molecule has 1 amide bonds. The first-order valence-corrected chi connectivity index (χ1v) is 7.85. The van der Waals surface area contributed by atoms with Gasteiger partial charge in [0.2, 0.25) is 0 Å². The second-order valence-corrected chi connectivity index (χ2v) is 5.64. The number of benzene rings is 2. The molecule has 0 radical (unpaired) electrons. The Hall–Kier alpha value is -2.24. The number of hydrogen-bond acceptors (Lipinski definition) is 4. The van der Waals surface area contributed by atoms with E-state index >= 15 is 0 Å². The summed E-state index contributed by atoms with van der Waals surface area (Å²) >= 11 is 11.9. The van der Waals surface area contributed by atoms with Crippen LogP contribution in [0, 0.1) is 0 Å². The lowest BCUT2D eigenvalue weighted by atomic mass is 10.3. The molecule has 2 rings (SSSR count). The van der Waals surface area contributed by atoms with Crippen molar-refractivity contribution in [2.45, 2.75) is 13.0 Å². The van der Waals surface area contributed by atoms with Crippen molar-refractivity contribution in [2.75, 3.05) is 11.9 Å². The number of nitrogens with one attached hydrogen (secondary N) is 1. The van der Waals surface area contributed by atoms with E-state index in [0.717, 1.165) is 0 Å². The predicted octanol–water partition coefficient (Wildman–Crippen LogP) is 3.94. The van der Waals surface area contributed by atoms with Crippen molar-refractivity contribution in [1.82, 2.24) is 0 Å². The molecular weight excluding hydrogens is 353 g/mol. The molecule has 0 aliphatic rings. The Morgan fingerprint density at radius 2 is 1.67 bits per heavy atom. The molecule has 1 atom stereocenters. The maximum absolute atomic E-state index is 11.9. The van der Waals surface area contributed by atoms with Gasteiger partial charge in [-0.05, 0) is 31.2 Å². The molecule has 126 valence electrons. The highest BCUT2D eigenvalue weighted by atomic mass is 35.5. The van der Waals surface area contributed by atoms with Crippen molar-refractivity contribution >= 4 is 40.8 Å². The third-order valence-corrected chi connectivity index (χ3v) is 3.59. The van der Waals surface area contributed by atoms with Crippen LogP contribution in [-0.4, -0.2) is 24.6 Å². The van der Waals surface area contributed by atoms with Gasteiger partial charge >= 0.3 is 5.97 Å². The Labute approximate surface area is 149 Å². The fourth-order valence-electron chi connectivity index (χ4n) is 1.80. The molecule has 0 spiro atoms. The summed E-state index contributed by atoms with van der Waals surface area (Å²) in [6.45, 7) is 1.07. The third kappa shape index (κ3) is 5.15. The maximum Gasteiger partial charge on any atom is 0.347 e. The van der Waals surface area contributed by atoms with Crippen LogP contribution in [0.3, 0.4) is 0 Å². The van der Waals surface area contributed by atoms with Gasteiger partial charge in [-0.25, -0.2) is 4.79 Å². The molecule has 0 aliphatic carbocycles. The van der Waals surface area contributed by atoms with Crippen LogP contribution in [0.5, 0.6) is 5.75 Å². The number of carbonyl (C=O) groups excluding carboxylic acids is 2. The van der Waals surface area contributed by atoms with Crippen LogP contribution in [0.15, 0.2) is 48.5 Å². The molecular formula is C17H15Cl2NO4. The van der Waals surface area contributed by atoms with E-state index in [4.69, 9.17) is 32.7 Å². The summed E-state index contributed by atoms with van der Waals surface area (Å²) in [5, 5.41) is 3.09. The minimum Gasteiger partial charge on any atom is -0.479 e. The van der Waals surface area contributed by atoms with Crippen LogP contribution in [0.1, 0.15) is 6.92 Å². The molecule has 0 saturated carbocycles. The Kier molecular flexibility index (Phi) is 6.46. The van der Waals surface area contributed by atoms with Crippen molar-refractivity contribution in [3.8, 4) is 5.75 Å². The fraction of sp³-hybridized carbons (Fsp3) is 0.176. The number of para-hydroxylation sites is 2. The molecule has 2 aromatic rings. The van der Waals surface area contributed by atoms with E-state index in [2.05, 4.69) is 5.32 Å². The maximum atomic E-state index is 11.9. The van der Waals surface area contributed by atoms with Crippen LogP contribution < -0.4 is 10.1 Å². The van der Waals surface area contributed by atoms with Gasteiger partial charge in [-0.15, -0.1) is 0 Å². The van der Waals surface area contributed by atoms with Crippen LogP contribution in [0.4, 0.5) is 5.69 Å². The Morgan fingerprint density at radius 3 is 2.29 bits per heavy atom. The minimum atomic E-state index is -0.843. The average molecular weight is 368 g/mol. The molecule has 7 heteroatoms. The summed E-state index contributed by atoms with van der Waals surface area (Å²) in [7, 11) is 0. The quantitative estimate of drug-likeness (QED) is 0.785. The monoisotopic (exact) mass is 367 g/mol. The minimum absolute atomic E-state index is 0.274. The lowest BCUT2D eigenvalue weighted by molar-refractivity contribution is -0.153. The summed E-state index contributed by atoms with van der Waals surface area (Å²) in [5.74, 6) is -0.668. The standard InChI is InChI=1S/C17H15Cl2NO4/c1-11(24-12-6-3-2-4-7-12)17(22)23-10-15(21)20-16-13(18)8-5-9-14(16)19/h2-9,11H,10H2,1H3,(H,20,21)/t11-/m1/s1. The number of carbonyl (C=O) groups is 2. The number of anilines is 1. The van der Waals surface area contributed by atoms with E-state index in [1.54, 1.807) is 42.5 Å². The van der Waals surface area contributed by atoms with E-state index in [9.17, 15) is 9.59 Å². The van der Waals surface area contributed by atoms with Gasteiger partial charge in [0.05, 0.1) is 15.7 Å². The lowest BCUT2D eigenvalue weighted by Crippen LogP contribution is -2.29. The zero-order valence-electron chi connectivity index (χ0n) is 12.8. The fourth-order valence-corrected chi connectivity index (χ4v) is 2.29. The van der Waals surface area contributed by atoms with Gasteiger partial charge in [-0.3, -0.25) is 4.79 Å². The van der Waals surface area contributed by atoms with Gasteiger partial charge in [0.25, 0.3) is 5.91 Å². The molecule has 0 heterocycles. The molecule has 0 unspecified atom stereocenters. The van der Waals surface area contributed by atoms with Crippen LogP contribution in [0.25, 0.3) is 0 Å². The first-order chi connectivity index (χ1) is 11.5. The number of amides is 1. The van der Waals surface area contributed by atoms with Crippen molar-refractivity contribution in [2.24, 2.45) is 0 Å². The number of esters is 1. The topological polar surface area (TPSA) is 64.6 Å². The van der Waals surface area contributed by atoms with E-state index in [1.165, 1.54) is 6.92 Å². The average Bonchev–Trinajstić information content (AvgIpc) is 2.57. The number of rotatable bonds is 6. The van der Waals surface area contributed by atoms with E-state index < -0.39 is 24.6 Å². The van der Waals surface area contributed by atoms with Gasteiger partial charge in [-0.2, -0.15) is 0 Å². The first-order valence-electron chi connectivity index (χ1n) is 7.09. The summed E-state index contributed by atoms with van der Waals surface area (Å²) < 4.78 is 10.3. The Bertz CT molecular complexity index is 702. The second-order valence-electron chi connectivity index (χ2n) is 4.83. The van der Waals surface area contributed by atoms with E-state index in [1.807, 2.05) is 6.07 Å². The zero-order valence-corrected chi connectivity index (χ0v) is 14.3. The summed E-state index contributed by atoms with van der Waals surface area (Å²) in [5.41, 5.74) is 0.274. The summed E-state index contributed by atoms with van der Waals surface area (Å²) in [6.07, 6.45) is -0.843. The van der Waals surface area contributed by atoms with E-state index in [-0.39, 0.29) is 5.69 Å². The normalized spacial score (nSPS) is 11.5. The second kappa shape index (κ2) is 8.57. The number of ether oxygens (including phenoxy) is 2. The number of halogens is 2. The molecule has 24 heavy (non-hydrogen) atoms. The molecule has 1 N–H and O–H groups in total. The Balaban J connectivity index is 1.84. The van der Waals surface area contributed by atoms with Crippen LogP contribution in [0.2, 0.25) is 10.0 Å². The SMILES string of the molecule is C[C@@H](Oc1ccccc1)C(=O)OCC(=O)Nc1c(Cl)cccc1Cl. The van der Waals surface area contributed by atoms with Crippen molar-refractivity contribution in [1.29, 1.82) is 0 Å². The highest BCUT2D eigenvalue weighted by Gasteiger charge is 2.18. The molecule has 0 saturated heterocycles. The first kappa shape index (κ1) is 18.1. The molecule has 5 nitrogen and oxygen atoms in total. The van der Waals surface area contributed by atoms with Gasteiger partial charge in [-0.1, -0.05) is 47.5 Å². The molecule has 0 aromatic heterocycles. The molecule has 2 aromatic carbocycles. The van der Waals surface area contributed by atoms with Crippen molar-refractivity contribution in [3.63, 3.8) is 0 Å². The summed E-state index contributed by atoms with van der Waals surface area (Å²) in [4.78, 5) is 23.7. The molecule has 0 aliphatic heterocycles. The van der Waals surface area contributed by atoms with E-state index in [0.29, 0.717) is 15.8 Å². The lowest BCUT2D eigenvalue weighted by Gasteiger charge is -2.14. The zero-order chi connectivity index (χ0) is 17.5. The van der Waals surface area contributed by atoms with Gasteiger partial charge in [0.15, 0.2) is 12.7 Å². The largest absolute Gasteiger partial charge is 0.479 e. The predicted molar refractivity (Wildman–Crippen MR) is 92.6 cm³/mol. The highest BCUT2D eigenvalue weighted by Crippen LogP contribution is 2.29. The highest BCUT2D eigenvalue weighted by molar-refractivity contribution is 6.39.